The lowest BCUT2D eigenvalue weighted by Gasteiger charge is -2.27. The number of carbonyl (C=O) groups is 2. The Morgan fingerprint density at radius 3 is 2.86 bits per heavy atom. The normalized spacial score (nSPS) is 26.2. The molecule has 5 heterocycles. The summed E-state index contributed by atoms with van der Waals surface area (Å²) >= 11 is 0. The zero-order chi connectivity index (χ0) is 30.5. The van der Waals surface area contributed by atoms with Gasteiger partial charge in [0.1, 0.15) is 23.1 Å². The fourth-order valence-electron chi connectivity index (χ4n) is 6.66. The smallest absolute Gasteiger partial charge is 0.251 e. The molecule has 2 aliphatic heterocycles. The zero-order valence-electron chi connectivity index (χ0n) is 25.3. The minimum Gasteiger partial charge on any atom is -0.494 e. The van der Waals surface area contributed by atoms with Gasteiger partial charge >= 0.3 is 0 Å². The van der Waals surface area contributed by atoms with Crippen LogP contribution in [0.4, 0.5) is 4.39 Å². The SMILES string of the molecule is COc1cc(C(=O)N[C@H]2CNCC[C@@H]2F)cc2nc(-c3cc4ccc5nc4n3CC/C=C\C[C@H]3C[C@H]3C(=O)N[C@@H]5C)n(C)c12. The monoisotopic (exact) mass is 599 g/mol. The molecule has 1 saturated carbocycles. The summed E-state index contributed by atoms with van der Waals surface area (Å²) in [6, 6.07) is 8.74. The van der Waals surface area contributed by atoms with Crippen LogP contribution in [0.3, 0.4) is 0 Å². The van der Waals surface area contributed by atoms with Crippen LogP contribution in [0.5, 0.6) is 5.75 Å². The molecule has 4 aromatic rings. The van der Waals surface area contributed by atoms with E-state index in [0.29, 0.717) is 54.6 Å². The van der Waals surface area contributed by atoms with Gasteiger partial charge in [-0.05, 0) is 75.4 Å². The van der Waals surface area contributed by atoms with Gasteiger partial charge in [-0.2, -0.15) is 0 Å². The van der Waals surface area contributed by atoms with Crippen LogP contribution in [0.15, 0.2) is 42.5 Å². The fourth-order valence-corrected chi connectivity index (χ4v) is 6.66. The Hall–Kier alpha value is -4.25. The summed E-state index contributed by atoms with van der Waals surface area (Å²) in [5.74, 6) is 1.47. The highest BCUT2D eigenvalue weighted by molar-refractivity contribution is 6.00. The van der Waals surface area contributed by atoms with E-state index in [2.05, 4.69) is 38.7 Å². The first-order chi connectivity index (χ1) is 21.3. The number of halogens is 1. The Morgan fingerprint density at radius 2 is 2.05 bits per heavy atom. The largest absolute Gasteiger partial charge is 0.494 e. The number of imidazole rings is 1. The number of ether oxygens (including phenoxy) is 1. The third-order valence-corrected chi connectivity index (χ3v) is 9.31. The second-order valence-corrected chi connectivity index (χ2v) is 12.3. The van der Waals surface area contributed by atoms with Gasteiger partial charge < -0.3 is 29.8 Å². The summed E-state index contributed by atoms with van der Waals surface area (Å²) in [5.41, 5.74) is 4.26. The maximum absolute atomic E-state index is 14.4. The quantitative estimate of drug-likeness (QED) is 0.303. The van der Waals surface area contributed by atoms with Crippen LogP contribution in [0.2, 0.25) is 0 Å². The number of rotatable bonds is 4. The number of alkyl halides is 1. The number of aromatic nitrogens is 4. The van der Waals surface area contributed by atoms with Gasteiger partial charge in [-0.1, -0.05) is 12.2 Å². The Labute approximate surface area is 255 Å². The average molecular weight is 600 g/mol. The summed E-state index contributed by atoms with van der Waals surface area (Å²) in [6.45, 7) is 3.67. The number of nitrogens with zero attached hydrogens (tertiary/aromatic N) is 4. The number of allylic oxidation sites excluding steroid dienone is 2. The van der Waals surface area contributed by atoms with Crippen molar-refractivity contribution in [2.45, 2.75) is 57.4 Å². The number of methoxy groups -OCH3 is 1. The third-order valence-electron chi connectivity index (χ3n) is 9.31. The molecule has 44 heavy (non-hydrogen) atoms. The Kier molecular flexibility index (Phi) is 7.36. The van der Waals surface area contributed by atoms with E-state index in [1.807, 2.05) is 30.7 Å². The van der Waals surface area contributed by atoms with Gasteiger partial charge in [0.25, 0.3) is 5.91 Å². The van der Waals surface area contributed by atoms with E-state index < -0.39 is 12.2 Å². The molecule has 230 valence electrons. The molecule has 1 saturated heterocycles. The number of carbonyl (C=O) groups excluding carboxylic acids is 2. The minimum atomic E-state index is -1.09. The molecule has 7 rings (SSSR count). The number of fused-ring (bicyclic) bond motifs is 3. The van der Waals surface area contributed by atoms with Crippen molar-refractivity contribution in [3.8, 4) is 17.3 Å². The summed E-state index contributed by atoms with van der Waals surface area (Å²) in [7, 11) is 3.50. The van der Waals surface area contributed by atoms with Crippen molar-refractivity contribution in [3.05, 3.63) is 53.7 Å². The lowest BCUT2D eigenvalue weighted by atomic mass is 10.0. The molecular formula is C33H38FN7O3. The lowest BCUT2D eigenvalue weighted by Crippen LogP contribution is -2.52. The van der Waals surface area contributed by atoms with Crippen molar-refractivity contribution in [2.75, 3.05) is 20.2 Å². The van der Waals surface area contributed by atoms with E-state index in [4.69, 9.17) is 14.7 Å². The van der Waals surface area contributed by atoms with Crippen LogP contribution in [-0.2, 0) is 18.4 Å². The Balaban J connectivity index is 1.29. The lowest BCUT2D eigenvalue weighted by molar-refractivity contribution is -0.123. The Morgan fingerprint density at radius 1 is 1.18 bits per heavy atom. The maximum Gasteiger partial charge on any atom is 0.251 e. The van der Waals surface area contributed by atoms with E-state index in [1.165, 1.54) is 0 Å². The summed E-state index contributed by atoms with van der Waals surface area (Å²) in [4.78, 5) is 36.1. The number of piperidine rings is 1. The molecule has 5 atom stereocenters. The van der Waals surface area contributed by atoms with Gasteiger partial charge in [0.05, 0.1) is 36.1 Å². The highest BCUT2D eigenvalue weighted by Crippen LogP contribution is 2.42. The first kappa shape index (κ1) is 28.5. The van der Waals surface area contributed by atoms with Gasteiger partial charge in [-0.25, -0.2) is 14.4 Å². The molecule has 3 aliphatic rings. The van der Waals surface area contributed by atoms with Gasteiger partial charge in [-0.3, -0.25) is 9.59 Å². The van der Waals surface area contributed by atoms with Crippen LogP contribution < -0.4 is 20.7 Å². The molecule has 11 heteroatoms. The average Bonchev–Trinajstić information content (AvgIpc) is 3.61. The number of hydrogen-bond donors (Lipinski definition) is 3. The molecule has 0 unspecified atom stereocenters. The van der Waals surface area contributed by atoms with Crippen LogP contribution in [0.25, 0.3) is 33.6 Å². The molecule has 3 aromatic heterocycles. The van der Waals surface area contributed by atoms with Gasteiger partial charge in [0.2, 0.25) is 5.91 Å². The van der Waals surface area contributed by atoms with Crippen LogP contribution in [0, 0.1) is 11.8 Å². The standard InChI is InChI=1S/C33H38FN7O3/c1-18-24-9-8-20-15-27(41(30(20)37-24)12-6-4-5-7-19-13-22(19)33(43)36-18)31-38-25-14-21(16-28(44-3)29(25)40(31)2)32(42)39-26-17-35-11-10-23(26)34/h4-5,8-9,14-16,18-19,22-23,26,35H,6-7,10-13,17H2,1-3H3,(H,36,43)(H,39,42)/b5-4-/t18-,19+,22-,23+,26+/m1/s1. The summed E-state index contributed by atoms with van der Waals surface area (Å²) < 4.78 is 24.4. The van der Waals surface area contributed by atoms with Crippen LogP contribution in [0.1, 0.15) is 54.7 Å². The number of amides is 2. The van der Waals surface area contributed by atoms with E-state index >= 15 is 0 Å². The molecule has 0 radical (unpaired) electrons. The van der Waals surface area contributed by atoms with Crippen LogP contribution >= 0.6 is 0 Å². The summed E-state index contributed by atoms with van der Waals surface area (Å²) in [5, 5.41) is 10.1. The van der Waals surface area contributed by atoms with E-state index in [-0.39, 0.29) is 23.8 Å². The number of benzene rings is 1. The molecular weight excluding hydrogens is 561 g/mol. The summed E-state index contributed by atoms with van der Waals surface area (Å²) in [6.07, 6.45) is 6.31. The molecule has 1 aromatic carbocycles. The van der Waals surface area contributed by atoms with Crippen molar-refractivity contribution < 1.29 is 18.7 Å². The first-order valence-electron chi connectivity index (χ1n) is 15.5. The van der Waals surface area contributed by atoms with Crippen molar-refractivity contribution in [1.82, 2.24) is 35.1 Å². The fraction of sp³-hybridized carbons (Fsp3) is 0.455. The van der Waals surface area contributed by atoms with E-state index in [1.54, 1.807) is 19.2 Å². The number of aryl methyl sites for hydroxylation is 2. The Bertz CT molecular complexity index is 1790. The highest BCUT2D eigenvalue weighted by atomic mass is 19.1. The molecule has 1 aliphatic carbocycles. The number of pyridine rings is 1. The number of nitrogens with one attached hydrogen (secondary N) is 3. The van der Waals surface area contributed by atoms with Gasteiger partial charge in [0.15, 0.2) is 5.82 Å². The molecule has 2 amide bonds. The highest BCUT2D eigenvalue weighted by Gasteiger charge is 2.42. The number of hydrogen-bond acceptors (Lipinski definition) is 6. The van der Waals surface area contributed by atoms with E-state index in [9.17, 15) is 14.0 Å². The van der Waals surface area contributed by atoms with Gasteiger partial charge in [0, 0.05) is 37.0 Å². The van der Waals surface area contributed by atoms with Crippen LogP contribution in [-0.4, -0.2) is 63.3 Å². The van der Waals surface area contributed by atoms with Crippen molar-refractivity contribution in [1.29, 1.82) is 0 Å². The molecule has 10 nitrogen and oxygen atoms in total. The van der Waals surface area contributed by atoms with E-state index in [0.717, 1.165) is 47.2 Å². The van der Waals surface area contributed by atoms with Crippen molar-refractivity contribution >= 4 is 33.9 Å². The second kappa shape index (κ2) is 11.4. The van der Waals surface area contributed by atoms with Gasteiger partial charge in [-0.15, -0.1) is 0 Å². The molecule has 2 fully saturated rings. The first-order valence-corrected chi connectivity index (χ1v) is 15.5. The second-order valence-electron chi connectivity index (χ2n) is 12.3. The van der Waals surface area contributed by atoms with Crippen molar-refractivity contribution in [3.63, 3.8) is 0 Å². The maximum atomic E-state index is 14.4. The minimum absolute atomic E-state index is 0.0928. The molecule has 2 bridgehead atoms. The predicted molar refractivity (Wildman–Crippen MR) is 166 cm³/mol. The third kappa shape index (κ3) is 5.12. The molecule has 0 spiro atoms. The molecule has 3 N–H and O–H groups in total. The van der Waals surface area contributed by atoms with Crippen molar-refractivity contribution in [2.24, 2.45) is 18.9 Å². The predicted octanol–water partition coefficient (Wildman–Crippen LogP) is 4.19. The zero-order valence-corrected chi connectivity index (χ0v) is 25.3. The topological polar surface area (TPSA) is 115 Å².